The molecular weight excluding hydrogens is 188 g/mol. The van der Waals surface area contributed by atoms with Crippen molar-refractivity contribution in [1.82, 2.24) is 0 Å². The van der Waals surface area contributed by atoms with E-state index in [1.807, 2.05) is 12.2 Å². The third kappa shape index (κ3) is 9.50. The summed E-state index contributed by atoms with van der Waals surface area (Å²) in [6, 6.07) is 0.181. The maximum Gasteiger partial charge on any atom is 0.0876 e. The van der Waals surface area contributed by atoms with Crippen molar-refractivity contribution in [2.75, 3.05) is 0 Å². The van der Waals surface area contributed by atoms with Gasteiger partial charge in [0, 0.05) is 12.1 Å². The molecule has 3 heteroatoms. The maximum absolute atomic E-state index is 5.76. The van der Waals surface area contributed by atoms with Gasteiger partial charge in [-0.05, 0) is 25.0 Å². The molecular formula is C12H24N2O. The van der Waals surface area contributed by atoms with Crippen molar-refractivity contribution in [3.8, 4) is 0 Å². The number of ether oxygens (including phenoxy) is 1. The Morgan fingerprint density at radius 3 is 1.67 bits per heavy atom. The molecule has 0 heterocycles. The first-order valence-electron chi connectivity index (χ1n) is 5.70. The standard InChI is InChI=1S/C12H24N2O/c1-3-5-11(13)7-9-15-10-8-12(14)6-4-2/h7-12H,3-6,13-14H2,1-2H3/b9-7+,10-8+. The Kier molecular flexibility index (Phi) is 9.22. The fraction of sp³-hybridized carbons (Fsp3) is 0.667. The minimum Gasteiger partial charge on any atom is -0.473 e. The van der Waals surface area contributed by atoms with Crippen LogP contribution < -0.4 is 11.5 Å². The van der Waals surface area contributed by atoms with Gasteiger partial charge in [0.15, 0.2) is 0 Å². The maximum atomic E-state index is 5.76. The summed E-state index contributed by atoms with van der Waals surface area (Å²) in [7, 11) is 0. The zero-order chi connectivity index (χ0) is 11.5. The lowest BCUT2D eigenvalue weighted by atomic mass is 10.2. The van der Waals surface area contributed by atoms with E-state index in [2.05, 4.69) is 13.8 Å². The predicted molar refractivity (Wildman–Crippen MR) is 65.1 cm³/mol. The van der Waals surface area contributed by atoms with Crippen LogP contribution in [-0.2, 0) is 4.74 Å². The van der Waals surface area contributed by atoms with E-state index in [4.69, 9.17) is 16.2 Å². The van der Waals surface area contributed by atoms with Gasteiger partial charge in [0.05, 0.1) is 12.5 Å². The highest BCUT2D eigenvalue weighted by Crippen LogP contribution is 1.97. The lowest BCUT2D eigenvalue weighted by Gasteiger charge is -2.03. The molecule has 2 atom stereocenters. The van der Waals surface area contributed by atoms with Crippen molar-refractivity contribution < 1.29 is 4.74 Å². The Bertz CT molecular complexity index is 170. The van der Waals surface area contributed by atoms with Crippen molar-refractivity contribution >= 4 is 0 Å². The molecule has 0 aliphatic carbocycles. The molecule has 4 N–H and O–H groups in total. The number of rotatable bonds is 8. The Morgan fingerprint density at radius 1 is 0.933 bits per heavy atom. The lowest BCUT2D eigenvalue weighted by molar-refractivity contribution is 0.395. The van der Waals surface area contributed by atoms with Crippen molar-refractivity contribution in [3.63, 3.8) is 0 Å². The van der Waals surface area contributed by atoms with E-state index in [1.54, 1.807) is 12.5 Å². The third-order valence-electron chi connectivity index (χ3n) is 2.05. The van der Waals surface area contributed by atoms with E-state index < -0.39 is 0 Å². The molecule has 0 rings (SSSR count). The van der Waals surface area contributed by atoms with Crippen LogP contribution in [0.5, 0.6) is 0 Å². The molecule has 0 aliphatic heterocycles. The summed E-state index contributed by atoms with van der Waals surface area (Å²) in [5.74, 6) is 0. The monoisotopic (exact) mass is 212 g/mol. The molecule has 0 bridgehead atoms. The molecule has 0 saturated heterocycles. The Hall–Kier alpha value is -0.800. The largest absolute Gasteiger partial charge is 0.473 e. The van der Waals surface area contributed by atoms with Gasteiger partial charge in [0.25, 0.3) is 0 Å². The zero-order valence-electron chi connectivity index (χ0n) is 9.86. The second-order valence-corrected chi connectivity index (χ2v) is 3.70. The van der Waals surface area contributed by atoms with E-state index in [9.17, 15) is 0 Å². The van der Waals surface area contributed by atoms with E-state index in [0.717, 1.165) is 25.7 Å². The van der Waals surface area contributed by atoms with Gasteiger partial charge in [-0.2, -0.15) is 0 Å². The topological polar surface area (TPSA) is 61.3 Å². The van der Waals surface area contributed by atoms with Crippen molar-refractivity contribution in [1.29, 1.82) is 0 Å². The van der Waals surface area contributed by atoms with Crippen LogP contribution in [-0.4, -0.2) is 12.1 Å². The van der Waals surface area contributed by atoms with Crippen LogP contribution in [0.2, 0.25) is 0 Å². The van der Waals surface area contributed by atoms with Crippen molar-refractivity contribution in [2.45, 2.75) is 51.6 Å². The Morgan fingerprint density at radius 2 is 1.33 bits per heavy atom. The first-order valence-corrected chi connectivity index (χ1v) is 5.70. The summed E-state index contributed by atoms with van der Waals surface area (Å²) >= 11 is 0. The molecule has 3 nitrogen and oxygen atoms in total. The quantitative estimate of drug-likeness (QED) is 0.607. The van der Waals surface area contributed by atoms with Crippen LogP contribution in [0.4, 0.5) is 0 Å². The summed E-state index contributed by atoms with van der Waals surface area (Å²) in [4.78, 5) is 0. The summed E-state index contributed by atoms with van der Waals surface area (Å²) in [6.07, 6.45) is 11.1. The van der Waals surface area contributed by atoms with Crippen LogP contribution >= 0.6 is 0 Å². The molecule has 0 radical (unpaired) electrons. The molecule has 0 aromatic rings. The van der Waals surface area contributed by atoms with Gasteiger partial charge in [-0.1, -0.05) is 26.7 Å². The number of hydrogen-bond acceptors (Lipinski definition) is 3. The van der Waals surface area contributed by atoms with Gasteiger partial charge in [0.1, 0.15) is 0 Å². The normalized spacial score (nSPS) is 16.0. The molecule has 0 aromatic carbocycles. The second-order valence-electron chi connectivity index (χ2n) is 3.70. The molecule has 0 aromatic heterocycles. The first-order chi connectivity index (χ1) is 7.20. The average Bonchev–Trinajstić information content (AvgIpc) is 2.18. The highest BCUT2D eigenvalue weighted by atomic mass is 16.5. The lowest BCUT2D eigenvalue weighted by Crippen LogP contribution is -2.16. The molecule has 0 spiro atoms. The van der Waals surface area contributed by atoms with E-state index in [1.165, 1.54) is 0 Å². The number of hydrogen-bond donors (Lipinski definition) is 2. The minimum absolute atomic E-state index is 0.0905. The number of nitrogens with two attached hydrogens (primary N) is 2. The van der Waals surface area contributed by atoms with Crippen LogP contribution in [0.15, 0.2) is 24.7 Å². The molecule has 0 aliphatic rings. The molecule has 0 saturated carbocycles. The summed E-state index contributed by atoms with van der Waals surface area (Å²) < 4.78 is 5.15. The average molecular weight is 212 g/mol. The van der Waals surface area contributed by atoms with Gasteiger partial charge >= 0.3 is 0 Å². The Labute approximate surface area is 93.2 Å². The Balaban J connectivity index is 3.59. The first kappa shape index (κ1) is 14.2. The van der Waals surface area contributed by atoms with E-state index >= 15 is 0 Å². The van der Waals surface area contributed by atoms with Crippen molar-refractivity contribution in [3.05, 3.63) is 24.7 Å². The highest BCUT2D eigenvalue weighted by molar-refractivity contribution is 4.90. The van der Waals surface area contributed by atoms with E-state index in [0.29, 0.717) is 0 Å². The molecule has 2 unspecified atom stereocenters. The molecule has 0 fully saturated rings. The van der Waals surface area contributed by atoms with Crippen LogP contribution in [0.1, 0.15) is 39.5 Å². The van der Waals surface area contributed by atoms with E-state index in [-0.39, 0.29) is 12.1 Å². The van der Waals surface area contributed by atoms with Crippen LogP contribution in [0, 0.1) is 0 Å². The molecule has 15 heavy (non-hydrogen) atoms. The third-order valence-corrected chi connectivity index (χ3v) is 2.05. The van der Waals surface area contributed by atoms with Gasteiger partial charge in [-0.25, -0.2) is 0 Å². The summed E-state index contributed by atoms with van der Waals surface area (Å²) in [5.41, 5.74) is 11.5. The second kappa shape index (κ2) is 9.74. The van der Waals surface area contributed by atoms with Gasteiger partial charge in [0.2, 0.25) is 0 Å². The predicted octanol–water partition coefficient (Wildman–Crippen LogP) is 2.29. The fourth-order valence-corrected chi connectivity index (χ4v) is 1.20. The molecule has 0 amide bonds. The van der Waals surface area contributed by atoms with Gasteiger partial charge in [-0.3, -0.25) is 0 Å². The van der Waals surface area contributed by atoms with Crippen LogP contribution in [0.25, 0.3) is 0 Å². The van der Waals surface area contributed by atoms with Gasteiger partial charge < -0.3 is 16.2 Å². The summed E-state index contributed by atoms with van der Waals surface area (Å²) in [6.45, 7) is 4.22. The fourth-order valence-electron chi connectivity index (χ4n) is 1.20. The SMILES string of the molecule is CCCC(N)/C=C/O/C=C/C(N)CCC. The van der Waals surface area contributed by atoms with Crippen molar-refractivity contribution in [2.24, 2.45) is 11.5 Å². The minimum atomic E-state index is 0.0905. The van der Waals surface area contributed by atoms with Crippen LogP contribution in [0.3, 0.4) is 0 Å². The zero-order valence-corrected chi connectivity index (χ0v) is 9.86. The molecule has 88 valence electrons. The smallest absolute Gasteiger partial charge is 0.0876 e. The highest BCUT2D eigenvalue weighted by Gasteiger charge is 1.94. The van der Waals surface area contributed by atoms with Gasteiger partial charge in [-0.15, -0.1) is 0 Å². The summed E-state index contributed by atoms with van der Waals surface area (Å²) in [5, 5.41) is 0.